The van der Waals surface area contributed by atoms with Crippen LogP contribution >= 0.6 is 0 Å². The van der Waals surface area contributed by atoms with E-state index in [1.165, 1.54) is 4.90 Å². The number of carbonyl (C=O) groups excluding carboxylic acids is 1. The fourth-order valence-electron chi connectivity index (χ4n) is 4.07. The van der Waals surface area contributed by atoms with Gasteiger partial charge in [-0.3, -0.25) is 4.68 Å². The van der Waals surface area contributed by atoms with Crippen LogP contribution in [-0.2, 0) is 11.8 Å². The summed E-state index contributed by atoms with van der Waals surface area (Å²) in [5.74, 6) is -0.273. The van der Waals surface area contributed by atoms with E-state index >= 15 is 4.39 Å². The van der Waals surface area contributed by atoms with Gasteiger partial charge in [-0.15, -0.1) is 0 Å². The SMILES string of the molecule is Cc1cc2cnn(-c3cnn(C)c3)c2cc1[C@H]1CCN(C(=O)OC(C)(C)C)C[C@@H]1F. The molecule has 8 heteroatoms. The molecule has 0 unspecified atom stereocenters. The molecular formula is C22H28FN5O2. The van der Waals surface area contributed by atoms with Gasteiger partial charge in [0, 0.05) is 24.9 Å². The number of halogens is 1. The van der Waals surface area contributed by atoms with Crippen LogP contribution in [0.1, 0.15) is 44.2 Å². The summed E-state index contributed by atoms with van der Waals surface area (Å²) >= 11 is 0. The minimum Gasteiger partial charge on any atom is -0.444 e. The van der Waals surface area contributed by atoms with E-state index in [-0.39, 0.29) is 12.5 Å². The second-order valence-electron chi connectivity index (χ2n) is 9.03. The molecule has 1 amide bonds. The van der Waals surface area contributed by atoms with E-state index in [0.717, 1.165) is 27.7 Å². The van der Waals surface area contributed by atoms with Gasteiger partial charge in [-0.2, -0.15) is 10.2 Å². The van der Waals surface area contributed by atoms with Crippen LogP contribution in [0.25, 0.3) is 16.6 Å². The van der Waals surface area contributed by atoms with Crippen molar-refractivity contribution in [3.05, 3.63) is 41.9 Å². The van der Waals surface area contributed by atoms with Crippen LogP contribution in [0.4, 0.5) is 9.18 Å². The van der Waals surface area contributed by atoms with E-state index in [0.29, 0.717) is 13.0 Å². The zero-order valence-electron chi connectivity index (χ0n) is 18.1. The molecule has 2 aromatic heterocycles. The highest BCUT2D eigenvalue weighted by Gasteiger charge is 2.35. The van der Waals surface area contributed by atoms with E-state index in [2.05, 4.69) is 16.3 Å². The van der Waals surface area contributed by atoms with Crippen molar-refractivity contribution in [3.8, 4) is 5.69 Å². The highest BCUT2D eigenvalue weighted by Crippen LogP contribution is 2.35. The van der Waals surface area contributed by atoms with Crippen LogP contribution in [0.5, 0.6) is 0 Å². The average molecular weight is 413 g/mol. The van der Waals surface area contributed by atoms with Gasteiger partial charge in [0.15, 0.2) is 0 Å². The Morgan fingerprint density at radius 3 is 2.63 bits per heavy atom. The smallest absolute Gasteiger partial charge is 0.410 e. The first kappa shape index (κ1) is 20.4. The largest absolute Gasteiger partial charge is 0.444 e. The monoisotopic (exact) mass is 413 g/mol. The molecule has 0 saturated carbocycles. The highest BCUT2D eigenvalue weighted by atomic mass is 19.1. The summed E-state index contributed by atoms with van der Waals surface area (Å²) in [5, 5.41) is 9.71. The maximum absolute atomic E-state index is 15.2. The van der Waals surface area contributed by atoms with Gasteiger partial charge in [0.25, 0.3) is 0 Å². The molecule has 2 atom stereocenters. The van der Waals surface area contributed by atoms with Crippen molar-refractivity contribution in [1.29, 1.82) is 0 Å². The Bertz CT molecular complexity index is 1080. The maximum Gasteiger partial charge on any atom is 0.410 e. The van der Waals surface area contributed by atoms with Crippen molar-refractivity contribution < 1.29 is 13.9 Å². The van der Waals surface area contributed by atoms with Crippen LogP contribution < -0.4 is 0 Å². The quantitative estimate of drug-likeness (QED) is 0.634. The summed E-state index contributed by atoms with van der Waals surface area (Å²) in [7, 11) is 1.86. The first-order chi connectivity index (χ1) is 14.1. The Morgan fingerprint density at radius 2 is 2.00 bits per heavy atom. The zero-order chi connectivity index (χ0) is 21.6. The second kappa shape index (κ2) is 7.41. The standard InChI is InChI=1S/C22H28FN5O2/c1-14-8-15-10-25-28(16-11-24-26(5)12-16)20(15)9-18(14)17-6-7-27(13-19(17)23)21(29)30-22(2,3)4/h8-12,17,19H,6-7,13H2,1-5H3/t17-,19+/m1/s1. The third kappa shape index (κ3) is 3.91. The molecule has 1 aliphatic rings. The minimum absolute atomic E-state index is 0.0406. The van der Waals surface area contributed by atoms with Gasteiger partial charge in [0.05, 0.1) is 30.7 Å². The molecule has 0 N–H and O–H groups in total. The Hall–Kier alpha value is -2.90. The lowest BCUT2D eigenvalue weighted by atomic mass is 9.85. The number of hydrogen-bond acceptors (Lipinski definition) is 4. The third-order valence-corrected chi connectivity index (χ3v) is 5.48. The van der Waals surface area contributed by atoms with E-state index in [4.69, 9.17) is 4.74 Å². The van der Waals surface area contributed by atoms with Crippen LogP contribution in [0, 0.1) is 6.92 Å². The van der Waals surface area contributed by atoms with Gasteiger partial charge in [-0.05, 0) is 57.4 Å². The summed E-state index contributed by atoms with van der Waals surface area (Å²) in [5.41, 5.74) is 3.19. The predicted octanol–water partition coefficient (Wildman–Crippen LogP) is 4.13. The normalized spacial score (nSPS) is 20.0. The first-order valence-electron chi connectivity index (χ1n) is 10.2. The summed E-state index contributed by atoms with van der Waals surface area (Å²) in [4.78, 5) is 13.8. The Kier molecular flexibility index (Phi) is 5.03. The fraction of sp³-hybridized carbons (Fsp3) is 0.500. The molecule has 4 rings (SSSR count). The van der Waals surface area contributed by atoms with Gasteiger partial charge in [0.2, 0.25) is 0 Å². The molecule has 1 saturated heterocycles. The molecule has 160 valence electrons. The van der Waals surface area contributed by atoms with Crippen LogP contribution in [0.3, 0.4) is 0 Å². The molecule has 0 aliphatic carbocycles. The molecule has 7 nitrogen and oxygen atoms in total. The summed E-state index contributed by atoms with van der Waals surface area (Å²) in [6.07, 6.45) is 4.40. The van der Waals surface area contributed by atoms with Gasteiger partial charge in [-0.25, -0.2) is 13.9 Å². The van der Waals surface area contributed by atoms with Gasteiger partial charge >= 0.3 is 6.09 Å². The number of carbonyl (C=O) groups is 1. The highest BCUT2D eigenvalue weighted by molar-refractivity contribution is 5.82. The number of aryl methyl sites for hydroxylation is 2. The Morgan fingerprint density at radius 1 is 1.23 bits per heavy atom. The summed E-state index contributed by atoms with van der Waals surface area (Å²) in [6, 6.07) is 4.09. The topological polar surface area (TPSA) is 65.2 Å². The summed E-state index contributed by atoms with van der Waals surface area (Å²) < 4.78 is 24.2. The minimum atomic E-state index is -1.16. The van der Waals surface area contributed by atoms with Crippen LogP contribution in [0.2, 0.25) is 0 Å². The number of fused-ring (bicyclic) bond motifs is 1. The lowest BCUT2D eigenvalue weighted by molar-refractivity contribution is 0.0111. The molecule has 3 aromatic rings. The number of amides is 1. The molecular weight excluding hydrogens is 385 g/mol. The number of likely N-dealkylation sites (tertiary alicyclic amines) is 1. The number of ether oxygens (including phenoxy) is 1. The Balaban J connectivity index is 1.60. The molecule has 0 bridgehead atoms. The van der Waals surface area contributed by atoms with Crippen molar-refractivity contribution in [2.45, 2.75) is 51.8 Å². The average Bonchev–Trinajstić information content (AvgIpc) is 3.25. The first-order valence-corrected chi connectivity index (χ1v) is 10.2. The predicted molar refractivity (Wildman–Crippen MR) is 113 cm³/mol. The number of nitrogens with zero attached hydrogens (tertiary/aromatic N) is 5. The van der Waals surface area contributed by atoms with E-state index in [9.17, 15) is 4.79 Å². The van der Waals surface area contributed by atoms with E-state index in [1.807, 2.05) is 57.9 Å². The molecule has 0 radical (unpaired) electrons. The van der Waals surface area contributed by atoms with Crippen molar-refractivity contribution >= 4 is 17.0 Å². The van der Waals surface area contributed by atoms with Crippen LogP contribution in [-0.4, -0.2) is 55.4 Å². The van der Waals surface area contributed by atoms with Gasteiger partial charge in [0.1, 0.15) is 17.5 Å². The second-order valence-corrected chi connectivity index (χ2v) is 9.03. The number of piperidine rings is 1. The number of benzene rings is 1. The molecule has 1 aliphatic heterocycles. The molecule has 1 fully saturated rings. The lowest BCUT2D eigenvalue weighted by Crippen LogP contribution is -2.46. The molecule has 1 aromatic carbocycles. The van der Waals surface area contributed by atoms with Gasteiger partial charge in [-0.1, -0.05) is 0 Å². The zero-order valence-corrected chi connectivity index (χ0v) is 18.1. The van der Waals surface area contributed by atoms with Crippen molar-refractivity contribution in [2.24, 2.45) is 7.05 Å². The molecule has 3 heterocycles. The molecule has 30 heavy (non-hydrogen) atoms. The number of alkyl halides is 1. The van der Waals surface area contributed by atoms with Gasteiger partial charge < -0.3 is 9.64 Å². The lowest BCUT2D eigenvalue weighted by Gasteiger charge is -2.36. The number of aromatic nitrogens is 4. The maximum atomic E-state index is 15.2. The molecule has 0 spiro atoms. The van der Waals surface area contributed by atoms with Crippen molar-refractivity contribution in [1.82, 2.24) is 24.5 Å². The van der Waals surface area contributed by atoms with Crippen LogP contribution in [0.15, 0.2) is 30.7 Å². The van der Waals surface area contributed by atoms with Crippen molar-refractivity contribution in [2.75, 3.05) is 13.1 Å². The number of rotatable bonds is 2. The summed E-state index contributed by atoms with van der Waals surface area (Å²) in [6.45, 7) is 7.96. The number of hydrogen-bond donors (Lipinski definition) is 0. The van der Waals surface area contributed by atoms with E-state index in [1.54, 1.807) is 10.9 Å². The van der Waals surface area contributed by atoms with E-state index < -0.39 is 17.9 Å². The fourth-order valence-corrected chi connectivity index (χ4v) is 4.07. The third-order valence-electron chi connectivity index (χ3n) is 5.48. The Labute approximate surface area is 175 Å². The van der Waals surface area contributed by atoms with Crippen molar-refractivity contribution in [3.63, 3.8) is 0 Å².